The van der Waals surface area contributed by atoms with Crippen LogP contribution >= 0.6 is 11.3 Å². The molecule has 0 bridgehead atoms. The SMILES string of the molecule is CC(=O)c1ccc(OCC(=O)OCc2coc(-c3cccs3)n2)cc1. The quantitative estimate of drug-likeness (QED) is 0.474. The van der Waals surface area contributed by atoms with Crippen LogP contribution in [0.1, 0.15) is 23.0 Å². The minimum absolute atomic E-state index is 0.0142. The van der Waals surface area contributed by atoms with Gasteiger partial charge in [0.15, 0.2) is 12.4 Å². The van der Waals surface area contributed by atoms with Crippen LogP contribution < -0.4 is 4.74 Å². The van der Waals surface area contributed by atoms with E-state index in [0.717, 1.165) is 4.88 Å². The summed E-state index contributed by atoms with van der Waals surface area (Å²) in [6.45, 7) is 1.27. The number of benzene rings is 1. The normalized spacial score (nSPS) is 10.4. The molecule has 0 fully saturated rings. The Labute approximate surface area is 148 Å². The molecule has 0 saturated carbocycles. The zero-order valence-electron chi connectivity index (χ0n) is 13.4. The second-order valence-corrected chi connectivity index (χ2v) is 6.10. The van der Waals surface area contributed by atoms with Gasteiger partial charge in [0.25, 0.3) is 0 Å². The monoisotopic (exact) mass is 357 g/mol. The molecule has 0 spiro atoms. The van der Waals surface area contributed by atoms with Crippen LogP contribution in [0.3, 0.4) is 0 Å². The molecular formula is C18H15NO5S. The van der Waals surface area contributed by atoms with Crippen molar-refractivity contribution < 1.29 is 23.5 Å². The summed E-state index contributed by atoms with van der Waals surface area (Å²) in [6, 6.07) is 10.4. The van der Waals surface area contributed by atoms with Crippen LogP contribution in [0.5, 0.6) is 5.75 Å². The Kier molecular flexibility index (Phi) is 5.25. The molecule has 0 radical (unpaired) electrons. The first-order valence-corrected chi connectivity index (χ1v) is 8.37. The van der Waals surface area contributed by atoms with Crippen molar-refractivity contribution in [2.24, 2.45) is 0 Å². The fraction of sp³-hybridized carbons (Fsp3) is 0.167. The maximum atomic E-state index is 11.7. The lowest BCUT2D eigenvalue weighted by atomic mass is 10.1. The van der Waals surface area contributed by atoms with Crippen molar-refractivity contribution in [2.75, 3.05) is 6.61 Å². The van der Waals surface area contributed by atoms with Gasteiger partial charge in [-0.15, -0.1) is 11.3 Å². The van der Waals surface area contributed by atoms with Crippen molar-refractivity contribution in [3.05, 3.63) is 59.3 Å². The summed E-state index contributed by atoms with van der Waals surface area (Å²) in [4.78, 5) is 28.1. The first-order valence-electron chi connectivity index (χ1n) is 7.49. The van der Waals surface area contributed by atoms with Gasteiger partial charge < -0.3 is 13.9 Å². The molecule has 0 amide bonds. The topological polar surface area (TPSA) is 78.6 Å². The minimum Gasteiger partial charge on any atom is -0.482 e. The third-order valence-electron chi connectivity index (χ3n) is 3.28. The highest BCUT2D eigenvalue weighted by Gasteiger charge is 2.10. The van der Waals surface area contributed by atoms with E-state index in [9.17, 15) is 9.59 Å². The van der Waals surface area contributed by atoms with Gasteiger partial charge in [0.2, 0.25) is 5.89 Å². The number of esters is 1. The molecule has 25 heavy (non-hydrogen) atoms. The van der Waals surface area contributed by atoms with Gasteiger partial charge in [0.05, 0.1) is 4.88 Å². The van der Waals surface area contributed by atoms with Crippen LogP contribution in [-0.2, 0) is 16.1 Å². The summed E-state index contributed by atoms with van der Waals surface area (Å²) >= 11 is 1.52. The molecule has 3 rings (SSSR count). The number of Topliss-reactive ketones (excluding diaryl/α,β-unsaturated/α-hetero) is 1. The van der Waals surface area contributed by atoms with Crippen molar-refractivity contribution in [1.29, 1.82) is 0 Å². The Morgan fingerprint density at radius 3 is 2.68 bits per heavy atom. The predicted molar refractivity (Wildman–Crippen MR) is 91.6 cm³/mol. The molecule has 2 aromatic heterocycles. The number of ketones is 1. The molecule has 6 nitrogen and oxygen atoms in total. The smallest absolute Gasteiger partial charge is 0.344 e. The highest BCUT2D eigenvalue weighted by atomic mass is 32.1. The van der Waals surface area contributed by atoms with Gasteiger partial charge in [-0.3, -0.25) is 4.79 Å². The van der Waals surface area contributed by atoms with Crippen molar-refractivity contribution in [3.63, 3.8) is 0 Å². The summed E-state index contributed by atoms with van der Waals surface area (Å²) in [5.74, 6) is 0.447. The largest absolute Gasteiger partial charge is 0.482 e. The van der Waals surface area contributed by atoms with E-state index in [1.807, 2.05) is 17.5 Å². The maximum Gasteiger partial charge on any atom is 0.344 e. The molecule has 0 atom stereocenters. The molecule has 2 heterocycles. The van der Waals surface area contributed by atoms with Crippen LogP contribution in [0.2, 0.25) is 0 Å². The second kappa shape index (κ2) is 7.76. The number of hydrogen-bond acceptors (Lipinski definition) is 7. The lowest BCUT2D eigenvalue weighted by molar-refractivity contribution is -0.147. The number of thiophene rings is 1. The molecule has 1 aromatic carbocycles. The summed E-state index contributed by atoms with van der Waals surface area (Å²) in [6.07, 6.45) is 1.46. The fourth-order valence-electron chi connectivity index (χ4n) is 2.01. The summed E-state index contributed by atoms with van der Waals surface area (Å²) in [5, 5.41) is 1.93. The summed E-state index contributed by atoms with van der Waals surface area (Å²) in [7, 11) is 0. The first-order chi connectivity index (χ1) is 12.1. The first kappa shape index (κ1) is 16.9. The second-order valence-electron chi connectivity index (χ2n) is 5.15. The molecule has 0 unspecified atom stereocenters. The number of oxazole rings is 1. The Morgan fingerprint density at radius 1 is 1.20 bits per heavy atom. The summed E-state index contributed by atoms with van der Waals surface area (Å²) in [5.41, 5.74) is 1.12. The average molecular weight is 357 g/mol. The highest BCUT2D eigenvalue weighted by molar-refractivity contribution is 7.13. The average Bonchev–Trinajstić information content (AvgIpc) is 3.29. The van der Waals surface area contributed by atoms with E-state index >= 15 is 0 Å². The van der Waals surface area contributed by atoms with Crippen LogP contribution in [0.25, 0.3) is 10.8 Å². The van der Waals surface area contributed by atoms with E-state index in [1.54, 1.807) is 24.3 Å². The van der Waals surface area contributed by atoms with E-state index < -0.39 is 5.97 Å². The van der Waals surface area contributed by atoms with Crippen LogP contribution in [-0.4, -0.2) is 23.3 Å². The van der Waals surface area contributed by atoms with E-state index in [2.05, 4.69) is 4.98 Å². The number of carbonyl (C=O) groups excluding carboxylic acids is 2. The number of aromatic nitrogens is 1. The predicted octanol–water partition coefficient (Wildman–Crippen LogP) is 3.73. The van der Waals surface area contributed by atoms with Gasteiger partial charge in [-0.05, 0) is 42.6 Å². The molecule has 3 aromatic rings. The number of carbonyl (C=O) groups is 2. The molecule has 7 heteroatoms. The lowest BCUT2D eigenvalue weighted by Gasteiger charge is -2.06. The minimum atomic E-state index is -0.517. The van der Waals surface area contributed by atoms with Crippen LogP contribution in [0.4, 0.5) is 0 Å². The standard InChI is InChI=1S/C18H15NO5S/c1-12(20)13-4-6-15(7-5-13)22-11-17(21)23-9-14-10-24-18(19-14)16-3-2-8-25-16/h2-8,10H,9,11H2,1H3. The zero-order valence-corrected chi connectivity index (χ0v) is 14.2. The Hall–Kier alpha value is -2.93. The molecule has 0 N–H and O–H groups in total. The van der Waals surface area contributed by atoms with Gasteiger partial charge in [-0.2, -0.15) is 0 Å². The van der Waals surface area contributed by atoms with Gasteiger partial charge >= 0.3 is 5.97 Å². The van der Waals surface area contributed by atoms with Crippen molar-refractivity contribution >= 4 is 23.1 Å². The number of nitrogens with zero attached hydrogens (tertiary/aromatic N) is 1. The van der Waals surface area contributed by atoms with Crippen LogP contribution in [0, 0.1) is 0 Å². The van der Waals surface area contributed by atoms with Gasteiger partial charge in [-0.25, -0.2) is 9.78 Å². The Balaban J connectivity index is 1.46. The van der Waals surface area contributed by atoms with Crippen molar-refractivity contribution in [3.8, 4) is 16.5 Å². The van der Waals surface area contributed by atoms with E-state index in [0.29, 0.717) is 22.9 Å². The Morgan fingerprint density at radius 2 is 2.00 bits per heavy atom. The fourth-order valence-corrected chi connectivity index (χ4v) is 2.67. The number of hydrogen-bond donors (Lipinski definition) is 0. The zero-order chi connectivity index (χ0) is 17.6. The molecule has 0 aliphatic rings. The van der Waals surface area contributed by atoms with Crippen molar-refractivity contribution in [2.45, 2.75) is 13.5 Å². The number of rotatable bonds is 7. The maximum absolute atomic E-state index is 11.7. The van der Waals surface area contributed by atoms with E-state index in [-0.39, 0.29) is 19.0 Å². The van der Waals surface area contributed by atoms with Crippen molar-refractivity contribution in [1.82, 2.24) is 4.98 Å². The Bertz CT molecular complexity index is 852. The number of ether oxygens (including phenoxy) is 2. The lowest BCUT2D eigenvalue weighted by Crippen LogP contribution is -2.14. The highest BCUT2D eigenvalue weighted by Crippen LogP contribution is 2.23. The molecule has 0 aliphatic carbocycles. The van der Waals surface area contributed by atoms with Crippen LogP contribution in [0.15, 0.2) is 52.5 Å². The summed E-state index contributed by atoms with van der Waals surface area (Å²) < 4.78 is 15.8. The van der Waals surface area contributed by atoms with Gasteiger partial charge in [0, 0.05) is 5.56 Å². The van der Waals surface area contributed by atoms with Gasteiger partial charge in [0.1, 0.15) is 24.3 Å². The third-order valence-corrected chi connectivity index (χ3v) is 4.14. The van der Waals surface area contributed by atoms with E-state index in [1.165, 1.54) is 24.5 Å². The molecule has 0 aliphatic heterocycles. The molecular weight excluding hydrogens is 342 g/mol. The molecule has 0 saturated heterocycles. The van der Waals surface area contributed by atoms with Gasteiger partial charge in [-0.1, -0.05) is 6.07 Å². The van der Waals surface area contributed by atoms with E-state index in [4.69, 9.17) is 13.9 Å². The third kappa shape index (κ3) is 4.54. The molecule has 128 valence electrons.